The molecule has 1 aliphatic carbocycles. The van der Waals surface area contributed by atoms with Gasteiger partial charge in [0.15, 0.2) is 0 Å². The van der Waals surface area contributed by atoms with Crippen molar-refractivity contribution in [2.75, 3.05) is 5.32 Å². The third kappa shape index (κ3) is 1.34. The van der Waals surface area contributed by atoms with Crippen molar-refractivity contribution in [1.82, 2.24) is 0 Å². The lowest BCUT2D eigenvalue weighted by molar-refractivity contribution is 1.02. The van der Waals surface area contributed by atoms with Gasteiger partial charge in [0.05, 0.1) is 6.04 Å². The smallest absolute Gasteiger partial charge is 0.0721 e. The van der Waals surface area contributed by atoms with Crippen LogP contribution in [0.25, 0.3) is 6.08 Å². The highest BCUT2D eigenvalue weighted by atomic mass is 14.9. The molecule has 2 heteroatoms. The molecule has 1 heterocycles. The zero-order chi connectivity index (χ0) is 10.3. The van der Waals surface area contributed by atoms with Crippen LogP contribution >= 0.6 is 0 Å². The predicted molar refractivity (Wildman–Crippen MR) is 63.2 cm³/mol. The Bertz CT molecular complexity index is 495. The number of anilines is 1. The van der Waals surface area contributed by atoms with E-state index in [-0.39, 0.29) is 6.04 Å². The third-order valence-corrected chi connectivity index (χ3v) is 2.78. The number of benzene rings is 1. The van der Waals surface area contributed by atoms with Crippen molar-refractivity contribution in [2.24, 2.45) is 5.73 Å². The lowest BCUT2D eigenvalue weighted by atomic mass is 9.93. The fourth-order valence-electron chi connectivity index (χ4n) is 2.00. The lowest BCUT2D eigenvalue weighted by Gasteiger charge is -2.26. The van der Waals surface area contributed by atoms with Crippen molar-refractivity contribution < 1.29 is 0 Å². The minimum atomic E-state index is 0.227. The van der Waals surface area contributed by atoms with Gasteiger partial charge in [0, 0.05) is 11.4 Å². The van der Waals surface area contributed by atoms with Crippen LogP contribution < -0.4 is 11.1 Å². The van der Waals surface area contributed by atoms with E-state index >= 15 is 0 Å². The summed E-state index contributed by atoms with van der Waals surface area (Å²) < 4.78 is 0. The first-order valence-corrected chi connectivity index (χ1v) is 5.05. The summed E-state index contributed by atoms with van der Waals surface area (Å²) in [5.41, 5.74) is 10.3. The van der Waals surface area contributed by atoms with E-state index in [4.69, 9.17) is 5.73 Å². The highest BCUT2D eigenvalue weighted by molar-refractivity contribution is 5.76. The molecule has 15 heavy (non-hydrogen) atoms. The van der Waals surface area contributed by atoms with Gasteiger partial charge in [0.1, 0.15) is 0 Å². The predicted octanol–water partition coefficient (Wildman–Crippen LogP) is 2.28. The van der Waals surface area contributed by atoms with E-state index in [0.717, 1.165) is 5.70 Å². The molecule has 0 aromatic heterocycles. The maximum absolute atomic E-state index is 5.77. The molecule has 74 valence electrons. The van der Waals surface area contributed by atoms with Crippen LogP contribution in [0.15, 0.2) is 53.8 Å². The highest BCUT2D eigenvalue weighted by Crippen LogP contribution is 2.29. The summed E-state index contributed by atoms with van der Waals surface area (Å²) in [6, 6.07) is 8.52. The molecule has 0 amide bonds. The molecule has 0 spiro atoms. The fourth-order valence-corrected chi connectivity index (χ4v) is 2.00. The molecule has 1 aromatic carbocycles. The van der Waals surface area contributed by atoms with Gasteiger partial charge >= 0.3 is 0 Å². The molecule has 0 fully saturated rings. The first kappa shape index (κ1) is 8.36. The Morgan fingerprint density at radius 2 is 2.00 bits per heavy atom. The second-order valence-electron chi connectivity index (χ2n) is 3.85. The Kier molecular flexibility index (Phi) is 1.68. The number of fused-ring (bicyclic) bond motifs is 2. The van der Waals surface area contributed by atoms with Gasteiger partial charge in [0.25, 0.3) is 0 Å². The molecule has 1 unspecified atom stereocenters. The molecule has 1 atom stereocenters. The van der Waals surface area contributed by atoms with Gasteiger partial charge in [0.2, 0.25) is 0 Å². The van der Waals surface area contributed by atoms with Crippen LogP contribution in [0.2, 0.25) is 0 Å². The van der Waals surface area contributed by atoms with Crippen molar-refractivity contribution >= 4 is 11.8 Å². The molecular weight excluding hydrogens is 184 g/mol. The number of rotatable bonds is 0. The SMILES string of the molecule is NC1=CC2Nc3ccccc3C=C2C=C1. The van der Waals surface area contributed by atoms with Crippen LogP contribution in [0.3, 0.4) is 0 Å². The number of nitrogens with one attached hydrogen (secondary N) is 1. The van der Waals surface area contributed by atoms with Gasteiger partial charge in [-0.15, -0.1) is 0 Å². The van der Waals surface area contributed by atoms with E-state index in [0.29, 0.717) is 0 Å². The zero-order valence-corrected chi connectivity index (χ0v) is 8.27. The van der Waals surface area contributed by atoms with Crippen molar-refractivity contribution in [3.63, 3.8) is 0 Å². The maximum atomic E-state index is 5.77. The summed E-state index contributed by atoms with van der Waals surface area (Å²) >= 11 is 0. The first-order valence-electron chi connectivity index (χ1n) is 5.05. The van der Waals surface area contributed by atoms with E-state index in [1.54, 1.807) is 0 Å². The van der Waals surface area contributed by atoms with Crippen molar-refractivity contribution in [1.29, 1.82) is 0 Å². The Hall–Kier alpha value is -1.96. The van der Waals surface area contributed by atoms with Gasteiger partial charge < -0.3 is 11.1 Å². The zero-order valence-electron chi connectivity index (χ0n) is 8.27. The molecule has 0 radical (unpaired) electrons. The molecule has 2 aliphatic rings. The molecule has 0 bridgehead atoms. The molecular formula is C13H12N2. The average molecular weight is 196 g/mol. The Labute approximate surface area is 88.8 Å². The number of allylic oxidation sites excluding steroid dienone is 1. The van der Waals surface area contributed by atoms with Crippen molar-refractivity contribution in [3.8, 4) is 0 Å². The quantitative estimate of drug-likeness (QED) is 0.668. The molecule has 0 saturated carbocycles. The summed E-state index contributed by atoms with van der Waals surface area (Å²) in [6.45, 7) is 0. The third-order valence-electron chi connectivity index (χ3n) is 2.78. The fraction of sp³-hybridized carbons (Fsp3) is 0.0769. The normalized spacial score (nSPS) is 22.0. The van der Waals surface area contributed by atoms with Crippen LogP contribution in [0.5, 0.6) is 0 Å². The van der Waals surface area contributed by atoms with Crippen LogP contribution in [0, 0.1) is 0 Å². The van der Waals surface area contributed by atoms with Crippen LogP contribution in [-0.4, -0.2) is 6.04 Å². The summed E-state index contributed by atoms with van der Waals surface area (Å²) in [6.07, 6.45) is 8.26. The summed E-state index contributed by atoms with van der Waals surface area (Å²) in [5, 5.41) is 3.45. The van der Waals surface area contributed by atoms with E-state index < -0.39 is 0 Å². The lowest BCUT2D eigenvalue weighted by Crippen LogP contribution is -2.25. The number of para-hydroxylation sites is 1. The summed E-state index contributed by atoms with van der Waals surface area (Å²) in [4.78, 5) is 0. The average Bonchev–Trinajstić information content (AvgIpc) is 2.26. The summed E-state index contributed by atoms with van der Waals surface area (Å²) in [7, 11) is 0. The van der Waals surface area contributed by atoms with Crippen molar-refractivity contribution in [2.45, 2.75) is 6.04 Å². The van der Waals surface area contributed by atoms with E-state index in [1.807, 2.05) is 18.2 Å². The number of nitrogens with two attached hydrogens (primary N) is 1. The number of hydrogen-bond acceptors (Lipinski definition) is 2. The van der Waals surface area contributed by atoms with Crippen LogP contribution in [0.1, 0.15) is 5.56 Å². The molecule has 2 nitrogen and oxygen atoms in total. The van der Waals surface area contributed by atoms with Crippen LogP contribution in [-0.2, 0) is 0 Å². The molecule has 1 aromatic rings. The highest BCUT2D eigenvalue weighted by Gasteiger charge is 2.18. The van der Waals surface area contributed by atoms with Crippen LogP contribution in [0.4, 0.5) is 5.69 Å². The van der Waals surface area contributed by atoms with Gasteiger partial charge in [-0.2, -0.15) is 0 Å². The monoisotopic (exact) mass is 196 g/mol. The van der Waals surface area contributed by atoms with Gasteiger partial charge in [-0.3, -0.25) is 0 Å². The minimum Gasteiger partial charge on any atom is -0.399 e. The van der Waals surface area contributed by atoms with E-state index in [1.165, 1.54) is 16.8 Å². The maximum Gasteiger partial charge on any atom is 0.0721 e. The second kappa shape index (κ2) is 3.02. The van der Waals surface area contributed by atoms with E-state index in [9.17, 15) is 0 Å². The second-order valence-corrected chi connectivity index (χ2v) is 3.85. The number of hydrogen-bond donors (Lipinski definition) is 2. The van der Waals surface area contributed by atoms with Gasteiger partial charge in [-0.1, -0.05) is 24.3 Å². The Morgan fingerprint density at radius 3 is 2.93 bits per heavy atom. The Balaban J connectivity index is 2.10. The Morgan fingerprint density at radius 1 is 1.13 bits per heavy atom. The molecule has 0 saturated heterocycles. The van der Waals surface area contributed by atoms with Gasteiger partial charge in [-0.05, 0) is 35.4 Å². The molecule has 3 N–H and O–H groups in total. The summed E-state index contributed by atoms with van der Waals surface area (Å²) in [5.74, 6) is 0. The first-order chi connectivity index (χ1) is 7.33. The topological polar surface area (TPSA) is 38.0 Å². The largest absolute Gasteiger partial charge is 0.399 e. The standard InChI is InChI=1S/C13H12N2/c14-11-6-5-10-7-9-3-1-2-4-12(9)15-13(10)8-11/h1-8,13,15H,14H2. The molecule has 3 rings (SSSR count). The van der Waals surface area contributed by atoms with Crippen molar-refractivity contribution in [3.05, 3.63) is 59.3 Å². The van der Waals surface area contributed by atoms with E-state index in [2.05, 4.69) is 35.7 Å². The minimum absolute atomic E-state index is 0.227. The van der Waals surface area contributed by atoms with Gasteiger partial charge in [-0.25, -0.2) is 0 Å². The molecule has 1 aliphatic heterocycles.